The number of benzene rings is 2. The monoisotopic (exact) mass is 420 g/mol. The molecule has 0 radical (unpaired) electrons. The number of hydrogen-bond acceptors (Lipinski definition) is 3. The molecule has 0 saturated carbocycles. The van der Waals surface area contributed by atoms with Crippen molar-refractivity contribution >= 4 is 55.3 Å². The summed E-state index contributed by atoms with van der Waals surface area (Å²) in [5, 5.41) is 1.05. The Kier molecular flexibility index (Phi) is 3.59. The fraction of sp³-hybridized carbons (Fsp3) is 0.190. The quantitative estimate of drug-likeness (QED) is 0.452. The Morgan fingerprint density at radius 1 is 1.11 bits per heavy atom. The van der Waals surface area contributed by atoms with E-state index in [2.05, 4.69) is 45.4 Å². The summed E-state index contributed by atoms with van der Waals surface area (Å²) in [6.07, 6.45) is 1.85. The number of hydrogen-bond donors (Lipinski definition) is 0. The highest BCUT2D eigenvalue weighted by Crippen LogP contribution is 2.46. The van der Waals surface area contributed by atoms with Gasteiger partial charge in [-0.15, -0.1) is 0 Å². The van der Waals surface area contributed by atoms with Gasteiger partial charge < -0.3 is 4.57 Å². The van der Waals surface area contributed by atoms with Gasteiger partial charge in [-0.3, -0.25) is 9.69 Å². The minimum atomic E-state index is -0.0474. The fourth-order valence-corrected chi connectivity index (χ4v) is 4.28. The minimum absolute atomic E-state index is 0.0474. The van der Waals surface area contributed by atoms with Crippen LogP contribution in [0, 0.1) is 5.92 Å². The predicted molar refractivity (Wildman–Crippen MR) is 110 cm³/mol. The first-order valence-corrected chi connectivity index (χ1v) is 9.72. The second-order valence-corrected chi connectivity index (χ2v) is 8.07. The van der Waals surface area contributed by atoms with Crippen LogP contribution in [0.4, 0.5) is 11.5 Å². The van der Waals surface area contributed by atoms with Crippen molar-refractivity contribution in [1.29, 1.82) is 0 Å². The molecule has 0 spiro atoms. The molecule has 0 atom stereocenters. The number of nitrogens with zero attached hydrogens (tertiary/aromatic N) is 4. The summed E-state index contributed by atoms with van der Waals surface area (Å²) >= 11 is 3.57. The molecule has 0 unspecified atom stereocenters. The van der Waals surface area contributed by atoms with Crippen LogP contribution in [0.15, 0.2) is 53.3 Å². The molecule has 1 aliphatic heterocycles. The van der Waals surface area contributed by atoms with Gasteiger partial charge in [0.15, 0.2) is 5.82 Å². The van der Waals surface area contributed by atoms with Gasteiger partial charge in [-0.1, -0.05) is 38.1 Å². The Balaban J connectivity index is 1.82. The summed E-state index contributed by atoms with van der Waals surface area (Å²) in [7, 11) is 0. The van der Waals surface area contributed by atoms with Crippen molar-refractivity contribution in [2.24, 2.45) is 5.92 Å². The van der Waals surface area contributed by atoms with E-state index in [-0.39, 0.29) is 5.91 Å². The number of aromatic nitrogens is 3. The van der Waals surface area contributed by atoms with E-state index in [9.17, 15) is 4.79 Å². The van der Waals surface area contributed by atoms with Crippen molar-refractivity contribution in [1.82, 2.24) is 14.5 Å². The van der Waals surface area contributed by atoms with Crippen LogP contribution < -0.4 is 4.90 Å². The third-order valence-corrected chi connectivity index (χ3v) is 5.49. The molecular weight excluding hydrogens is 404 g/mol. The van der Waals surface area contributed by atoms with Crippen LogP contribution in [-0.4, -0.2) is 20.4 Å². The van der Waals surface area contributed by atoms with Crippen LogP contribution in [0.2, 0.25) is 0 Å². The molecule has 0 aliphatic carbocycles. The maximum absolute atomic E-state index is 12.8. The first kappa shape index (κ1) is 16.4. The molecule has 5 nitrogen and oxygen atoms in total. The van der Waals surface area contributed by atoms with Gasteiger partial charge >= 0.3 is 0 Å². The van der Waals surface area contributed by atoms with Gasteiger partial charge in [-0.25, -0.2) is 9.97 Å². The molecule has 3 heterocycles. The molecular formula is C21H17BrN4O. The average Bonchev–Trinajstić information content (AvgIpc) is 3.06. The fourth-order valence-electron chi connectivity index (χ4n) is 3.74. The van der Waals surface area contributed by atoms with Gasteiger partial charge in [0.2, 0.25) is 0 Å². The smallest absolute Gasteiger partial charge is 0.266 e. The van der Waals surface area contributed by atoms with Gasteiger partial charge in [-0.05, 0) is 40.0 Å². The number of carbonyl (C=O) groups is 1. The van der Waals surface area contributed by atoms with E-state index in [1.807, 2.05) is 42.7 Å². The number of fused-ring (bicyclic) bond motifs is 4. The Hall–Kier alpha value is -2.73. The largest absolute Gasteiger partial charge is 0.330 e. The highest BCUT2D eigenvalue weighted by molar-refractivity contribution is 9.10. The molecule has 5 rings (SSSR count). The highest BCUT2D eigenvalue weighted by atomic mass is 79.9. The molecule has 2 aromatic heterocycles. The normalized spacial score (nSPS) is 13.5. The van der Waals surface area contributed by atoms with E-state index in [1.54, 1.807) is 4.90 Å². The average molecular weight is 421 g/mol. The molecule has 1 amide bonds. The molecule has 2 aromatic carbocycles. The number of para-hydroxylation sites is 2. The van der Waals surface area contributed by atoms with Crippen LogP contribution >= 0.6 is 15.9 Å². The number of carbonyl (C=O) groups excluding carboxylic acids is 1. The zero-order valence-corrected chi connectivity index (χ0v) is 16.6. The van der Waals surface area contributed by atoms with Gasteiger partial charge in [0, 0.05) is 16.4 Å². The van der Waals surface area contributed by atoms with E-state index < -0.39 is 0 Å². The lowest BCUT2D eigenvalue weighted by Gasteiger charge is -2.33. The first-order chi connectivity index (χ1) is 13.1. The van der Waals surface area contributed by atoms with Gasteiger partial charge in [0.25, 0.3) is 5.91 Å². The molecule has 0 bridgehead atoms. The van der Waals surface area contributed by atoms with E-state index in [0.29, 0.717) is 17.3 Å². The van der Waals surface area contributed by atoms with Gasteiger partial charge in [-0.2, -0.15) is 0 Å². The van der Waals surface area contributed by atoms with Gasteiger partial charge in [0.05, 0.1) is 28.6 Å². The minimum Gasteiger partial charge on any atom is -0.330 e. The SMILES string of the molecule is CC(C)Cn1cnc2c(N3C(=O)c4cccc(Br)c43)nc3ccccc3c21. The van der Waals surface area contributed by atoms with Crippen LogP contribution in [-0.2, 0) is 6.54 Å². The number of amides is 1. The molecule has 6 heteroatoms. The predicted octanol–water partition coefficient (Wildman–Crippen LogP) is 5.29. The summed E-state index contributed by atoms with van der Waals surface area (Å²) in [5.41, 5.74) is 4.19. The zero-order chi connectivity index (χ0) is 18.7. The van der Waals surface area contributed by atoms with E-state index in [1.165, 1.54) is 0 Å². The number of halogens is 1. The second kappa shape index (κ2) is 5.89. The van der Waals surface area contributed by atoms with Crippen LogP contribution in [0.3, 0.4) is 0 Å². The summed E-state index contributed by atoms with van der Waals surface area (Å²) in [6.45, 7) is 5.23. The summed E-state index contributed by atoms with van der Waals surface area (Å²) in [5.74, 6) is 1.03. The second-order valence-electron chi connectivity index (χ2n) is 7.22. The van der Waals surface area contributed by atoms with E-state index >= 15 is 0 Å². The lowest BCUT2D eigenvalue weighted by molar-refractivity contribution is 0.0980. The zero-order valence-electron chi connectivity index (χ0n) is 15.0. The lowest BCUT2D eigenvalue weighted by atomic mass is 10.0. The maximum Gasteiger partial charge on any atom is 0.266 e. The van der Waals surface area contributed by atoms with Crippen molar-refractivity contribution < 1.29 is 4.79 Å². The number of imidazole rings is 1. The molecule has 4 aromatic rings. The third-order valence-electron chi connectivity index (χ3n) is 4.85. The Morgan fingerprint density at radius 3 is 2.74 bits per heavy atom. The topological polar surface area (TPSA) is 51.0 Å². The van der Waals surface area contributed by atoms with Gasteiger partial charge in [0.1, 0.15) is 5.52 Å². The van der Waals surface area contributed by atoms with Crippen molar-refractivity contribution in [3.8, 4) is 0 Å². The lowest BCUT2D eigenvalue weighted by Crippen LogP contribution is -2.37. The Bertz CT molecular complexity index is 1230. The molecule has 0 saturated heterocycles. The van der Waals surface area contributed by atoms with E-state index in [4.69, 9.17) is 4.98 Å². The molecule has 134 valence electrons. The summed E-state index contributed by atoms with van der Waals surface area (Å²) in [4.78, 5) is 23.9. The molecule has 0 fully saturated rings. The van der Waals surface area contributed by atoms with Crippen molar-refractivity contribution in [3.63, 3.8) is 0 Å². The standard InChI is InChI=1S/C21H17BrN4O/c1-12(2)10-25-11-23-17-19(25)13-6-3-4-9-16(13)24-20(17)26-18-14(21(26)27)7-5-8-15(18)22/h3-9,11-12H,10H2,1-2H3. The van der Waals surface area contributed by atoms with Crippen LogP contribution in [0.25, 0.3) is 21.9 Å². The molecule has 27 heavy (non-hydrogen) atoms. The Morgan fingerprint density at radius 2 is 1.93 bits per heavy atom. The number of rotatable bonds is 3. The number of anilines is 2. The van der Waals surface area contributed by atoms with Crippen LogP contribution in [0.5, 0.6) is 0 Å². The van der Waals surface area contributed by atoms with Crippen molar-refractivity contribution in [3.05, 3.63) is 58.8 Å². The Labute approximate surface area is 164 Å². The van der Waals surface area contributed by atoms with Crippen molar-refractivity contribution in [2.75, 3.05) is 4.90 Å². The van der Waals surface area contributed by atoms with Crippen LogP contribution in [0.1, 0.15) is 24.2 Å². The highest BCUT2D eigenvalue weighted by Gasteiger charge is 2.38. The number of pyridine rings is 1. The molecule has 0 N–H and O–H groups in total. The maximum atomic E-state index is 12.8. The first-order valence-electron chi connectivity index (χ1n) is 8.93. The van der Waals surface area contributed by atoms with E-state index in [0.717, 1.165) is 38.6 Å². The summed E-state index contributed by atoms with van der Waals surface area (Å²) in [6, 6.07) is 13.7. The summed E-state index contributed by atoms with van der Waals surface area (Å²) < 4.78 is 3.04. The van der Waals surface area contributed by atoms with Crippen molar-refractivity contribution in [2.45, 2.75) is 20.4 Å². The molecule has 1 aliphatic rings. The third kappa shape index (κ3) is 2.33.